The first kappa shape index (κ1) is 9.97. The normalized spacial score (nSPS) is 10.4. The largest absolute Gasteiger partial charge is 0.389 e. The Bertz CT molecular complexity index is 394. The number of thiazole rings is 1. The van der Waals surface area contributed by atoms with Crippen LogP contribution in [0, 0.1) is 0 Å². The Morgan fingerprint density at radius 2 is 2.40 bits per heavy atom. The summed E-state index contributed by atoms with van der Waals surface area (Å²) in [4.78, 5) is 11.3. The van der Waals surface area contributed by atoms with Gasteiger partial charge in [-0.2, -0.15) is 0 Å². The zero-order valence-corrected chi connectivity index (χ0v) is 9.05. The topological polar surface area (TPSA) is 79.6 Å². The van der Waals surface area contributed by atoms with Gasteiger partial charge in [-0.15, -0.1) is 0 Å². The van der Waals surface area contributed by atoms with Gasteiger partial charge in [-0.1, -0.05) is 11.3 Å². The van der Waals surface area contributed by atoms with Crippen LogP contribution in [0.4, 0.5) is 10.1 Å². The third kappa shape index (κ3) is 2.95. The molecule has 2 aromatic rings. The Kier molecular flexibility index (Phi) is 3.18. The van der Waals surface area contributed by atoms with Gasteiger partial charge in [-0.05, 0) is 6.42 Å². The molecule has 2 rings (SSSR count). The van der Waals surface area contributed by atoms with Crippen molar-refractivity contribution in [3.05, 3.63) is 24.4 Å². The molecule has 0 fully saturated rings. The van der Waals surface area contributed by atoms with E-state index in [0.717, 1.165) is 35.3 Å². The van der Waals surface area contributed by atoms with E-state index in [1.54, 1.807) is 12.4 Å². The minimum Gasteiger partial charge on any atom is -0.389 e. The lowest BCUT2D eigenvalue weighted by atomic mass is 10.3. The van der Waals surface area contributed by atoms with E-state index >= 15 is 0 Å². The standard InChI is InChI=1S/C9H13N5S/c10-7-6-14-9(15-7)13-3-1-2-8-11-4-5-12-8/h4-6H,1-3,10H2,(H,11,12)(H,13,14). The van der Waals surface area contributed by atoms with Gasteiger partial charge in [0.25, 0.3) is 0 Å². The molecular formula is C9H13N5S. The molecule has 0 saturated heterocycles. The lowest BCUT2D eigenvalue weighted by molar-refractivity contribution is 0.816. The summed E-state index contributed by atoms with van der Waals surface area (Å²) in [5.74, 6) is 1.02. The second kappa shape index (κ2) is 4.79. The fourth-order valence-electron chi connectivity index (χ4n) is 1.25. The van der Waals surface area contributed by atoms with Gasteiger partial charge in [0.2, 0.25) is 0 Å². The van der Waals surface area contributed by atoms with Gasteiger partial charge < -0.3 is 16.0 Å². The van der Waals surface area contributed by atoms with Crippen molar-refractivity contribution in [2.75, 3.05) is 17.6 Å². The van der Waals surface area contributed by atoms with Crippen LogP contribution in [0.1, 0.15) is 12.2 Å². The molecule has 2 heterocycles. The number of H-pyrrole nitrogens is 1. The highest BCUT2D eigenvalue weighted by molar-refractivity contribution is 7.19. The molecule has 0 saturated carbocycles. The first-order valence-corrected chi connectivity index (χ1v) is 5.59. The average Bonchev–Trinajstić information content (AvgIpc) is 2.84. The number of imidazole rings is 1. The van der Waals surface area contributed by atoms with Crippen molar-refractivity contribution in [3.63, 3.8) is 0 Å². The van der Waals surface area contributed by atoms with Crippen LogP contribution in [0.2, 0.25) is 0 Å². The maximum absolute atomic E-state index is 5.56. The molecule has 4 N–H and O–H groups in total. The lowest BCUT2D eigenvalue weighted by Crippen LogP contribution is -2.03. The number of nitrogen functional groups attached to an aromatic ring is 1. The minimum atomic E-state index is 0.739. The summed E-state index contributed by atoms with van der Waals surface area (Å²) in [6.45, 7) is 0.883. The SMILES string of the molecule is Nc1cnc(NCCCc2ncc[nH]2)s1. The Labute approximate surface area is 91.8 Å². The maximum Gasteiger partial charge on any atom is 0.184 e. The van der Waals surface area contributed by atoms with Crippen molar-refractivity contribution in [2.24, 2.45) is 0 Å². The first-order chi connectivity index (χ1) is 7.34. The molecule has 0 radical (unpaired) electrons. The van der Waals surface area contributed by atoms with Crippen molar-refractivity contribution in [2.45, 2.75) is 12.8 Å². The Hall–Kier alpha value is -1.56. The number of nitrogens with zero attached hydrogens (tertiary/aromatic N) is 2. The predicted molar refractivity (Wildman–Crippen MR) is 61.9 cm³/mol. The van der Waals surface area contributed by atoms with E-state index in [0.29, 0.717) is 0 Å². The molecule has 15 heavy (non-hydrogen) atoms. The zero-order valence-electron chi connectivity index (χ0n) is 8.23. The van der Waals surface area contributed by atoms with E-state index in [1.165, 1.54) is 11.3 Å². The Morgan fingerprint density at radius 1 is 1.47 bits per heavy atom. The molecule has 0 atom stereocenters. The van der Waals surface area contributed by atoms with Crippen molar-refractivity contribution in [1.29, 1.82) is 0 Å². The van der Waals surface area contributed by atoms with Crippen LogP contribution in [0.25, 0.3) is 0 Å². The van der Waals surface area contributed by atoms with E-state index in [9.17, 15) is 0 Å². The summed E-state index contributed by atoms with van der Waals surface area (Å²) < 4.78 is 0. The second-order valence-electron chi connectivity index (χ2n) is 3.13. The van der Waals surface area contributed by atoms with E-state index in [-0.39, 0.29) is 0 Å². The molecule has 0 aromatic carbocycles. The zero-order chi connectivity index (χ0) is 10.5. The van der Waals surface area contributed by atoms with E-state index in [2.05, 4.69) is 20.3 Å². The van der Waals surface area contributed by atoms with Crippen LogP contribution in [0.3, 0.4) is 0 Å². The molecule has 0 unspecified atom stereocenters. The number of aromatic amines is 1. The highest BCUT2D eigenvalue weighted by Crippen LogP contribution is 2.19. The number of hydrogen-bond acceptors (Lipinski definition) is 5. The fourth-order valence-corrected chi connectivity index (χ4v) is 1.86. The van der Waals surface area contributed by atoms with Crippen molar-refractivity contribution >= 4 is 21.5 Å². The quantitative estimate of drug-likeness (QED) is 0.671. The van der Waals surface area contributed by atoms with Crippen LogP contribution < -0.4 is 11.1 Å². The summed E-state index contributed by atoms with van der Waals surface area (Å²) in [7, 11) is 0. The third-order valence-corrected chi connectivity index (χ3v) is 2.73. The molecular weight excluding hydrogens is 210 g/mol. The van der Waals surface area contributed by atoms with Crippen LogP contribution in [-0.4, -0.2) is 21.5 Å². The third-order valence-electron chi connectivity index (χ3n) is 1.95. The first-order valence-electron chi connectivity index (χ1n) is 4.78. The number of aryl methyl sites for hydroxylation is 1. The number of nitrogens with one attached hydrogen (secondary N) is 2. The molecule has 6 heteroatoms. The van der Waals surface area contributed by atoms with E-state index in [1.807, 2.05) is 6.20 Å². The summed E-state index contributed by atoms with van der Waals surface area (Å²) in [6, 6.07) is 0. The van der Waals surface area contributed by atoms with Gasteiger partial charge in [0, 0.05) is 25.4 Å². The number of anilines is 2. The van der Waals surface area contributed by atoms with Crippen LogP contribution in [0.15, 0.2) is 18.6 Å². The summed E-state index contributed by atoms with van der Waals surface area (Å²) in [5.41, 5.74) is 5.56. The molecule has 80 valence electrons. The smallest absolute Gasteiger partial charge is 0.184 e. The van der Waals surface area contributed by atoms with Gasteiger partial charge in [-0.25, -0.2) is 9.97 Å². The number of aromatic nitrogens is 3. The van der Waals surface area contributed by atoms with Crippen molar-refractivity contribution in [3.8, 4) is 0 Å². The minimum absolute atomic E-state index is 0.739. The number of nitrogens with two attached hydrogens (primary N) is 1. The number of hydrogen-bond donors (Lipinski definition) is 3. The van der Waals surface area contributed by atoms with Crippen LogP contribution in [-0.2, 0) is 6.42 Å². The molecule has 0 aliphatic rings. The Morgan fingerprint density at radius 3 is 3.07 bits per heavy atom. The monoisotopic (exact) mass is 223 g/mol. The summed E-state index contributed by atoms with van der Waals surface area (Å²) >= 11 is 1.47. The fraction of sp³-hybridized carbons (Fsp3) is 0.333. The molecule has 0 aliphatic heterocycles. The lowest BCUT2D eigenvalue weighted by Gasteiger charge is -2.00. The second-order valence-corrected chi connectivity index (χ2v) is 4.20. The van der Waals surface area contributed by atoms with Crippen molar-refractivity contribution in [1.82, 2.24) is 15.0 Å². The van der Waals surface area contributed by atoms with E-state index in [4.69, 9.17) is 5.73 Å². The number of rotatable bonds is 5. The molecule has 5 nitrogen and oxygen atoms in total. The molecule has 0 aliphatic carbocycles. The van der Waals surface area contributed by atoms with Gasteiger partial charge in [0.05, 0.1) is 6.20 Å². The van der Waals surface area contributed by atoms with Gasteiger partial charge in [0.15, 0.2) is 5.13 Å². The average molecular weight is 223 g/mol. The van der Waals surface area contributed by atoms with Crippen LogP contribution in [0.5, 0.6) is 0 Å². The highest BCUT2D eigenvalue weighted by atomic mass is 32.1. The molecule has 2 aromatic heterocycles. The predicted octanol–water partition coefficient (Wildman–Crippen LogP) is 1.49. The van der Waals surface area contributed by atoms with Gasteiger partial charge in [-0.3, -0.25) is 0 Å². The maximum atomic E-state index is 5.56. The van der Waals surface area contributed by atoms with Crippen LogP contribution >= 0.6 is 11.3 Å². The summed E-state index contributed by atoms with van der Waals surface area (Å²) in [5, 5.41) is 4.83. The molecule has 0 amide bonds. The van der Waals surface area contributed by atoms with Gasteiger partial charge in [0.1, 0.15) is 10.8 Å². The highest BCUT2D eigenvalue weighted by Gasteiger charge is 1.98. The van der Waals surface area contributed by atoms with Gasteiger partial charge >= 0.3 is 0 Å². The summed E-state index contributed by atoms with van der Waals surface area (Å²) in [6.07, 6.45) is 7.24. The molecule has 0 bridgehead atoms. The van der Waals surface area contributed by atoms with E-state index < -0.39 is 0 Å². The molecule has 0 spiro atoms. The Balaban J connectivity index is 1.67. The van der Waals surface area contributed by atoms with Crippen molar-refractivity contribution < 1.29 is 0 Å².